The van der Waals surface area contributed by atoms with Crippen molar-refractivity contribution in [1.82, 2.24) is 15.1 Å². The number of hydrogen-bond donors (Lipinski definition) is 1. The van der Waals surface area contributed by atoms with Crippen molar-refractivity contribution in [3.63, 3.8) is 0 Å². The van der Waals surface area contributed by atoms with E-state index in [2.05, 4.69) is 21.4 Å². The normalized spacial score (nSPS) is 14.6. The summed E-state index contributed by atoms with van der Waals surface area (Å²) in [4.78, 5) is 26.7. The zero-order chi connectivity index (χ0) is 17.8. The quantitative estimate of drug-likeness (QED) is 0.772. The van der Waals surface area contributed by atoms with E-state index in [1.165, 1.54) is 4.90 Å². The smallest absolute Gasteiger partial charge is 0.221 e. The van der Waals surface area contributed by atoms with Gasteiger partial charge in [-0.1, -0.05) is 0 Å². The molecule has 8 heteroatoms. The van der Waals surface area contributed by atoms with Gasteiger partial charge in [0, 0.05) is 51.2 Å². The van der Waals surface area contributed by atoms with Crippen LogP contribution in [0, 0.1) is 0 Å². The van der Waals surface area contributed by atoms with Crippen LogP contribution >= 0.6 is 0 Å². The summed E-state index contributed by atoms with van der Waals surface area (Å²) >= 11 is 0. The minimum atomic E-state index is -0.110. The van der Waals surface area contributed by atoms with Crippen LogP contribution < -0.4 is 15.1 Å². The van der Waals surface area contributed by atoms with Gasteiger partial charge in [-0.2, -0.15) is 5.10 Å². The van der Waals surface area contributed by atoms with Gasteiger partial charge < -0.3 is 15.0 Å². The molecule has 1 fully saturated rings. The van der Waals surface area contributed by atoms with Crippen LogP contribution in [0.5, 0.6) is 0 Å². The third-order valence-corrected chi connectivity index (χ3v) is 4.45. The van der Waals surface area contributed by atoms with E-state index in [1.807, 2.05) is 19.2 Å². The van der Waals surface area contributed by atoms with Gasteiger partial charge in [-0.05, 0) is 18.2 Å². The molecule has 1 aromatic carbocycles. The molecule has 134 valence electrons. The summed E-state index contributed by atoms with van der Waals surface area (Å²) in [5.41, 5.74) is 2.07. The van der Waals surface area contributed by atoms with E-state index in [1.54, 1.807) is 11.7 Å². The summed E-state index contributed by atoms with van der Waals surface area (Å²) in [6.45, 7) is 3.48. The lowest BCUT2D eigenvalue weighted by Gasteiger charge is -2.28. The van der Waals surface area contributed by atoms with Crippen molar-refractivity contribution in [2.75, 3.05) is 49.7 Å². The summed E-state index contributed by atoms with van der Waals surface area (Å²) < 4.78 is 7.17. The van der Waals surface area contributed by atoms with E-state index in [0.29, 0.717) is 12.4 Å². The van der Waals surface area contributed by atoms with Crippen molar-refractivity contribution in [3.8, 4) is 0 Å². The van der Waals surface area contributed by atoms with Crippen LogP contribution in [0.15, 0.2) is 18.2 Å². The summed E-state index contributed by atoms with van der Waals surface area (Å²) in [6, 6.07) is 6.11. The Morgan fingerprint density at radius 3 is 2.84 bits per heavy atom. The molecule has 1 aromatic heterocycles. The van der Waals surface area contributed by atoms with E-state index in [9.17, 15) is 9.59 Å². The number of nitrogens with zero attached hydrogens (tertiary/aromatic N) is 4. The number of anilines is 2. The molecule has 1 aliphatic heterocycles. The highest BCUT2D eigenvalue weighted by Gasteiger charge is 2.18. The molecule has 1 aliphatic rings. The molecule has 3 rings (SSSR count). The Hall–Kier alpha value is -2.61. The molecule has 2 aromatic rings. The maximum atomic E-state index is 11.5. The Labute approximate surface area is 146 Å². The summed E-state index contributed by atoms with van der Waals surface area (Å²) in [6.07, 6.45) is 0.958. The molecule has 1 N–H and O–H groups in total. The molecule has 0 radical (unpaired) electrons. The lowest BCUT2D eigenvalue weighted by atomic mass is 10.2. The SMILES string of the molecule is CNC(=O)CCN(C=O)c1nn(C)c2cc(N3CCOCC3)ccc12. The molecule has 2 heterocycles. The number of fused-ring (bicyclic) bond motifs is 1. The lowest BCUT2D eigenvalue weighted by Crippen LogP contribution is -2.36. The fourth-order valence-electron chi connectivity index (χ4n) is 3.01. The molecule has 25 heavy (non-hydrogen) atoms. The van der Waals surface area contributed by atoms with Crippen molar-refractivity contribution in [3.05, 3.63) is 18.2 Å². The topological polar surface area (TPSA) is 79.7 Å². The lowest BCUT2D eigenvalue weighted by molar-refractivity contribution is -0.120. The molecule has 0 saturated carbocycles. The van der Waals surface area contributed by atoms with Crippen LogP contribution in [-0.2, 0) is 21.4 Å². The number of carbonyl (C=O) groups excluding carboxylic acids is 2. The zero-order valence-corrected chi connectivity index (χ0v) is 14.6. The second kappa shape index (κ2) is 7.52. The third-order valence-electron chi connectivity index (χ3n) is 4.45. The molecule has 8 nitrogen and oxygen atoms in total. The number of amides is 2. The maximum absolute atomic E-state index is 11.5. The number of hydrogen-bond acceptors (Lipinski definition) is 5. The van der Waals surface area contributed by atoms with Gasteiger partial charge in [0.25, 0.3) is 0 Å². The van der Waals surface area contributed by atoms with Crippen LogP contribution in [-0.4, -0.2) is 62.0 Å². The molecule has 2 amide bonds. The van der Waals surface area contributed by atoms with Crippen LogP contribution in [0.3, 0.4) is 0 Å². The number of carbonyl (C=O) groups is 2. The first-order chi connectivity index (χ1) is 12.1. The zero-order valence-electron chi connectivity index (χ0n) is 14.6. The molecule has 0 unspecified atom stereocenters. The highest BCUT2D eigenvalue weighted by Crippen LogP contribution is 2.29. The Morgan fingerprint density at radius 2 is 2.16 bits per heavy atom. The number of morpholine rings is 1. The first-order valence-corrected chi connectivity index (χ1v) is 8.36. The van der Waals surface area contributed by atoms with Crippen LogP contribution in [0.4, 0.5) is 11.5 Å². The standard InChI is InChI=1S/C17H23N5O3/c1-18-16(24)5-6-22(12-23)17-14-4-3-13(11-15(14)20(2)19-17)21-7-9-25-10-8-21/h3-4,11-12H,5-10H2,1-2H3,(H,18,24). The maximum Gasteiger partial charge on any atom is 0.221 e. The summed E-state index contributed by atoms with van der Waals surface area (Å²) in [5, 5.41) is 7.94. The molecule has 0 atom stereocenters. The number of aryl methyl sites for hydroxylation is 1. The minimum Gasteiger partial charge on any atom is -0.378 e. The molecule has 0 spiro atoms. The van der Waals surface area contributed by atoms with E-state index in [0.717, 1.165) is 49.3 Å². The van der Waals surface area contributed by atoms with Crippen molar-refractivity contribution in [2.24, 2.45) is 7.05 Å². The number of ether oxygens (including phenoxy) is 1. The average Bonchev–Trinajstić information content (AvgIpc) is 2.99. The Morgan fingerprint density at radius 1 is 1.40 bits per heavy atom. The van der Waals surface area contributed by atoms with Gasteiger partial charge in [0.2, 0.25) is 12.3 Å². The van der Waals surface area contributed by atoms with Crippen LogP contribution in [0.25, 0.3) is 10.9 Å². The highest BCUT2D eigenvalue weighted by molar-refractivity contribution is 5.97. The summed E-state index contributed by atoms with van der Waals surface area (Å²) in [7, 11) is 3.44. The van der Waals surface area contributed by atoms with Gasteiger partial charge in [0.05, 0.1) is 18.7 Å². The number of benzene rings is 1. The fourth-order valence-corrected chi connectivity index (χ4v) is 3.01. The van der Waals surface area contributed by atoms with Crippen molar-refractivity contribution in [1.29, 1.82) is 0 Å². The van der Waals surface area contributed by atoms with Gasteiger partial charge in [-0.25, -0.2) is 0 Å². The number of aromatic nitrogens is 2. The predicted molar refractivity (Wildman–Crippen MR) is 95.8 cm³/mol. The highest BCUT2D eigenvalue weighted by atomic mass is 16.5. The first kappa shape index (κ1) is 17.2. The number of rotatable bonds is 6. The van der Waals surface area contributed by atoms with Crippen LogP contribution in [0.2, 0.25) is 0 Å². The number of nitrogens with one attached hydrogen (secondary N) is 1. The largest absolute Gasteiger partial charge is 0.378 e. The molecular formula is C17H23N5O3. The van der Waals surface area contributed by atoms with Gasteiger partial charge in [0.15, 0.2) is 5.82 Å². The second-order valence-electron chi connectivity index (χ2n) is 5.97. The van der Waals surface area contributed by atoms with Crippen molar-refractivity contribution < 1.29 is 14.3 Å². The molecule has 1 saturated heterocycles. The van der Waals surface area contributed by atoms with E-state index >= 15 is 0 Å². The fraction of sp³-hybridized carbons (Fsp3) is 0.471. The van der Waals surface area contributed by atoms with E-state index < -0.39 is 0 Å². The van der Waals surface area contributed by atoms with Gasteiger partial charge in [-0.15, -0.1) is 0 Å². The molecular weight excluding hydrogens is 322 g/mol. The monoisotopic (exact) mass is 345 g/mol. The minimum absolute atomic E-state index is 0.110. The molecule has 0 bridgehead atoms. The van der Waals surface area contributed by atoms with Crippen molar-refractivity contribution in [2.45, 2.75) is 6.42 Å². The second-order valence-corrected chi connectivity index (χ2v) is 5.97. The summed E-state index contributed by atoms with van der Waals surface area (Å²) in [5.74, 6) is 0.464. The average molecular weight is 345 g/mol. The van der Waals surface area contributed by atoms with Gasteiger partial charge >= 0.3 is 0 Å². The Bertz CT molecular complexity index is 767. The van der Waals surface area contributed by atoms with Gasteiger partial charge in [-0.3, -0.25) is 19.2 Å². The van der Waals surface area contributed by atoms with Crippen molar-refractivity contribution >= 4 is 34.7 Å². The third kappa shape index (κ3) is 3.58. The molecule has 0 aliphatic carbocycles. The van der Waals surface area contributed by atoms with E-state index in [-0.39, 0.29) is 12.3 Å². The first-order valence-electron chi connectivity index (χ1n) is 8.36. The Kier molecular flexibility index (Phi) is 5.18. The Balaban J connectivity index is 1.88. The van der Waals surface area contributed by atoms with Crippen LogP contribution in [0.1, 0.15) is 6.42 Å². The van der Waals surface area contributed by atoms with E-state index in [4.69, 9.17) is 4.74 Å². The van der Waals surface area contributed by atoms with Gasteiger partial charge in [0.1, 0.15) is 0 Å². The predicted octanol–water partition coefficient (Wildman–Crippen LogP) is 0.509.